The first-order valence-corrected chi connectivity index (χ1v) is 5.01. The Morgan fingerprint density at radius 1 is 1.43 bits per heavy atom. The number of hydrogen-bond donors (Lipinski definition) is 0. The molecule has 0 aliphatic heterocycles. The molecule has 0 heterocycles. The zero-order valence-electron chi connectivity index (χ0n) is 8.38. The SMILES string of the molecule is Cc1ccc(C=CC(=O)CCl)c(C)c1. The van der Waals surface area contributed by atoms with Crippen LogP contribution in [0.25, 0.3) is 6.08 Å². The van der Waals surface area contributed by atoms with Crippen LogP contribution in [0.2, 0.25) is 0 Å². The third-order valence-electron chi connectivity index (χ3n) is 2.01. The molecule has 0 aliphatic carbocycles. The molecule has 0 saturated carbocycles. The van der Waals surface area contributed by atoms with Gasteiger partial charge < -0.3 is 0 Å². The van der Waals surface area contributed by atoms with E-state index in [1.54, 1.807) is 6.08 Å². The summed E-state index contributed by atoms with van der Waals surface area (Å²) in [7, 11) is 0. The number of rotatable bonds is 3. The number of carbonyl (C=O) groups excluding carboxylic acids is 1. The third-order valence-corrected chi connectivity index (χ3v) is 2.27. The number of ketones is 1. The fourth-order valence-corrected chi connectivity index (χ4v) is 1.33. The highest BCUT2D eigenvalue weighted by Crippen LogP contribution is 2.11. The van der Waals surface area contributed by atoms with Gasteiger partial charge in [-0.15, -0.1) is 11.6 Å². The average Bonchev–Trinajstić information content (AvgIpc) is 2.16. The largest absolute Gasteiger partial charge is 0.294 e. The maximum atomic E-state index is 10.9. The first-order chi connectivity index (χ1) is 6.63. The summed E-state index contributed by atoms with van der Waals surface area (Å²) >= 11 is 5.38. The molecule has 0 atom stereocenters. The van der Waals surface area contributed by atoms with Crippen molar-refractivity contribution in [2.24, 2.45) is 0 Å². The van der Waals surface area contributed by atoms with Gasteiger partial charge in [0, 0.05) is 0 Å². The molecule has 0 spiro atoms. The van der Waals surface area contributed by atoms with E-state index in [1.165, 1.54) is 17.2 Å². The summed E-state index contributed by atoms with van der Waals surface area (Å²) in [5.41, 5.74) is 3.46. The van der Waals surface area contributed by atoms with E-state index in [4.69, 9.17) is 11.6 Å². The summed E-state index contributed by atoms with van der Waals surface area (Å²) in [5.74, 6) is -0.0202. The second-order valence-corrected chi connectivity index (χ2v) is 3.56. The van der Waals surface area contributed by atoms with Crippen LogP contribution < -0.4 is 0 Å². The molecule has 74 valence electrons. The molecule has 2 heteroatoms. The van der Waals surface area contributed by atoms with Crippen molar-refractivity contribution in [3.8, 4) is 0 Å². The lowest BCUT2D eigenvalue weighted by Crippen LogP contribution is -1.92. The number of hydrogen-bond acceptors (Lipinski definition) is 1. The quantitative estimate of drug-likeness (QED) is 0.551. The van der Waals surface area contributed by atoms with E-state index in [9.17, 15) is 4.79 Å². The second kappa shape index (κ2) is 4.97. The van der Waals surface area contributed by atoms with Crippen LogP contribution in [-0.4, -0.2) is 11.7 Å². The van der Waals surface area contributed by atoms with Crippen LogP contribution >= 0.6 is 11.6 Å². The van der Waals surface area contributed by atoms with Gasteiger partial charge in [-0.1, -0.05) is 29.8 Å². The maximum Gasteiger partial charge on any atom is 0.170 e. The number of halogens is 1. The predicted molar refractivity (Wildman–Crippen MR) is 60.7 cm³/mol. The van der Waals surface area contributed by atoms with Crippen molar-refractivity contribution in [1.29, 1.82) is 0 Å². The normalized spacial score (nSPS) is 10.8. The van der Waals surface area contributed by atoms with Gasteiger partial charge in [0.1, 0.15) is 0 Å². The number of carbonyl (C=O) groups is 1. The van der Waals surface area contributed by atoms with E-state index in [2.05, 4.69) is 6.07 Å². The summed E-state index contributed by atoms with van der Waals surface area (Å²) in [6.07, 6.45) is 3.32. The van der Waals surface area contributed by atoms with E-state index < -0.39 is 0 Å². The minimum absolute atomic E-state index is 0.0431. The zero-order chi connectivity index (χ0) is 10.6. The van der Waals surface area contributed by atoms with Gasteiger partial charge in [-0.25, -0.2) is 0 Å². The standard InChI is InChI=1S/C12H13ClO/c1-9-3-4-11(10(2)7-9)5-6-12(14)8-13/h3-7H,8H2,1-2H3. The maximum absolute atomic E-state index is 10.9. The van der Waals surface area contributed by atoms with Crippen molar-refractivity contribution in [3.63, 3.8) is 0 Å². The molecule has 1 aromatic carbocycles. The molecule has 1 aromatic rings. The van der Waals surface area contributed by atoms with Crippen molar-refractivity contribution in [1.82, 2.24) is 0 Å². The molecule has 1 rings (SSSR count). The van der Waals surface area contributed by atoms with Gasteiger partial charge in [0.2, 0.25) is 0 Å². The van der Waals surface area contributed by atoms with Crippen molar-refractivity contribution < 1.29 is 4.79 Å². The van der Waals surface area contributed by atoms with E-state index in [1.807, 2.05) is 26.0 Å². The lowest BCUT2D eigenvalue weighted by atomic mass is 10.1. The Bertz CT molecular complexity index is 367. The van der Waals surface area contributed by atoms with Crippen LogP contribution in [0.5, 0.6) is 0 Å². The molecule has 0 aromatic heterocycles. The Labute approximate surface area is 89.4 Å². The molecule has 1 nitrogen and oxygen atoms in total. The first-order valence-electron chi connectivity index (χ1n) is 4.47. The van der Waals surface area contributed by atoms with Gasteiger partial charge in [-0.2, -0.15) is 0 Å². The summed E-state index contributed by atoms with van der Waals surface area (Å²) in [5, 5.41) is 0. The molecular formula is C12H13ClO. The van der Waals surface area contributed by atoms with Crippen molar-refractivity contribution >= 4 is 23.5 Å². The highest BCUT2D eigenvalue weighted by atomic mass is 35.5. The van der Waals surface area contributed by atoms with E-state index in [-0.39, 0.29) is 11.7 Å². The van der Waals surface area contributed by atoms with Crippen LogP contribution in [0.3, 0.4) is 0 Å². The summed E-state index contributed by atoms with van der Waals surface area (Å²) in [4.78, 5) is 10.9. The lowest BCUT2D eigenvalue weighted by molar-refractivity contribution is -0.112. The van der Waals surface area contributed by atoms with Crippen molar-refractivity contribution in [3.05, 3.63) is 41.0 Å². The van der Waals surface area contributed by atoms with Gasteiger partial charge in [-0.05, 0) is 31.1 Å². The van der Waals surface area contributed by atoms with Gasteiger partial charge in [-0.3, -0.25) is 4.79 Å². The van der Waals surface area contributed by atoms with Crippen LogP contribution in [0.15, 0.2) is 24.3 Å². The summed E-state index contributed by atoms with van der Waals surface area (Å²) in [6.45, 7) is 4.07. The third kappa shape index (κ3) is 3.00. The fraction of sp³-hybridized carbons (Fsp3) is 0.250. The van der Waals surface area contributed by atoms with E-state index in [0.717, 1.165) is 5.56 Å². The number of allylic oxidation sites excluding steroid dienone is 1. The van der Waals surface area contributed by atoms with Gasteiger partial charge in [0.15, 0.2) is 5.78 Å². The molecule has 0 fully saturated rings. The smallest absolute Gasteiger partial charge is 0.170 e. The highest BCUT2D eigenvalue weighted by molar-refractivity contribution is 6.29. The molecule has 0 bridgehead atoms. The Morgan fingerprint density at radius 2 is 2.14 bits per heavy atom. The highest BCUT2D eigenvalue weighted by Gasteiger charge is 1.95. The molecule has 0 aliphatic rings. The van der Waals surface area contributed by atoms with Crippen molar-refractivity contribution in [2.75, 3.05) is 5.88 Å². The zero-order valence-corrected chi connectivity index (χ0v) is 9.14. The Kier molecular flexibility index (Phi) is 3.90. The fourth-order valence-electron chi connectivity index (χ4n) is 1.24. The Morgan fingerprint density at radius 3 is 2.71 bits per heavy atom. The van der Waals surface area contributed by atoms with Crippen molar-refractivity contribution in [2.45, 2.75) is 13.8 Å². The first kappa shape index (κ1) is 11.0. The topological polar surface area (TPSA) is 17.1 Å². The van der Waals surface area contributed by atoms with Crippen LogP contribution in [0, 0.1) is 13.8 Å². The molecule has 0 N–H and O–H groups in total. The molecule has 14 heavy (non-hydrogen) atoms. The molecule has 0 saturated heterocycles. The monoisotopic (exact) mass is 208 g/mol. The van der Waals surface area contributed by atoms with Gasteiger partial charge in [0.25, 0.3) is 0 Å². The predicted octanol–water partition coefficient (Wildman–Crippen LogP) is 3.12. The number of alkyl halides is 1. The minimum atomic E-state index is -0.0633. The molecule has 0 unspecified atom stereocenters. The number of aryl methyl sites for hydroxylation is 2. The number of benzene rings is 1. The average molecular weight is 209 g/mol. The van der Waals surface area contributed by atoms with Crippen LogP contribution in [0.4, 0.5) is 0 Å². The van der Waals surface area contributed by atoms with Gasteiger partial charge >= 0.3 is 0 Å². The summed E-state index contributed by atoms with van der Waals surface area (Å²) in [6, 6.07) is 6.12. The van der Waals surface area contributed by atoms with E-state index >= 15 is 0 Å². The Hall–Kier alpha value is -1.08. The summed E-state index contributed by atoms with van der Waals surface area (Å²) < 4.78 is 0. The molecule has 0 radical (unpaired) electrons. The lowest BCUT2D eigenvalue weighted by Gasteiger charge is -2.00. The minimum Gasteiger partial charge on any atom is -0.294 e. The van der Waals surface area contributed by atoms with Crippen LogP contribution in [0.1, 0.15) is 16.7 Å². The molecular weight excluding hydrogens is 196 g/mol. The second-order valence-electron chi connectivity index (χ2n) is 3.29. The molecule has 0 amide bonds. The Balaban J connectivity index is 2.87. The van der Waals surface area contributed by atoms with Crippen LogP contribution in [-0.2, 0) is 4.79 Å². The van der Waals surface area contributed by atoms with Gasteiger partial charge in [0.05, 0.1) is 5.88 Å². The van der Waals surface area contributed by atoms with E-state index in [0.29, 0.717) is 0 Å².